The molecule has 0 aliphatic carbocycles. The van der Waals surface area contributed by atoms with Gasteiger partial charge in [-0.1, -0.05) is 19.9 Å². The summed E-state index contributed by atoms with van der Waals surface area (Å²) in [5, 5.41) is 14.9. The Bertz CT molecular complexity index is 506. The van der Waals surface area contributed by atoms with Gasteiger partial charge < -0.3 is 15.7 Å². The first kappa shape index (κ1) is 18.1. The van der Waals surface area contributed by atoms with E-state index < -0.39 is 11.9 Å². The van der Waals surface area contributed by atoms with Gasteiger partial charge in [0.05, 0.1) is 12.5 Å². The van der Waals surface area contributed by atoms with Crippen LogP contribution in [0.2, 0.25) is 0 Å². The van der Waals surface area contributed by atoms with Crippen LogP contribution in [0, 0.1) is 11.7 Å². The van der Waals surface area contributed by atoms with E-state index in [-0.39, 0.29) is 29.7 Å². The molecule has 1 aromatic carbocycles. The standard InChI is InChI=1S/C16H23FN2O3/c1-11(2)14(20)10-15(21)18-7-4-8-19-16(22)12-5-3-6-13(17)9-12/h3,5-6,9,11,14,20H,4,7-8,10H2,1-2H3,(H,18,21)(H,19,22). The van der Waals surface area contributed by atoms with Crippen molar-refractivity contribution in [3.63, 3.8) is 0 Å². The highest BCUT2D eigenvalue weighted by Crippen LogP contribution is 2.05. The lowest BCUT2D eigenvalue weighted by Gasteiger charge is -2.14. The highest BCUT2D eigenvalue weighted by Gasteiger charge is 2.13. The molecule has 5 nitrogen and oxygen atoms in total. The van der Waals surface area contributed by atoms with Gasteiger partial charge in [-0.15, -0.1) is 0 Å². The van der Waals surface area contributed by atoms with Gasteiger partial charge in [-0.3, -0.25) is 9.59 Å². The van der Waals surface area contributed by atoms with Gasteiger partial charge in [-0.2, -0.15) is 0 Å². The number of carbonyl (C=O) groups excluding carboxylic acids is 2. The molecule has 0 aromatic heterocycles. The summed E-state index contributed by atoms with van der Waals surface area (Å²) in [4.78, 5) is 23.2. The van der Waals surface area contributed by atoms with Crippen LogP contribution in [0.25, 0.3) is 0 Å². The number of hydrogen-bond donors (Lipinski definition) is 3. The highest BCUT2D eigenvalue weighted by atomic mass is 19.1. The Labute approximate surface area is 129 Å². The summed E-state index contributed by atoms with van der Waals surface area (Å²) in [6, 6.07) is 5.46. The number of aliphatic hydroxyl groups excluding tert-OH is 1. The third-order valence-electron chi connectivity index (χ3n) is 3.21. The van der Waals surface area contributed by atoms with Crippen molar-refractivity contribution in [3.05, 3.63) is 35.6 Å². The van der Waals surface area contributed by atoms with Gasteiger partial charge in [0.25, 0.3) is 5.91 Å². The number of rotatable bonds is 8. The maximum Gasteiger partial charge on any atom is 0.251 e. The van der Waals surface area contributed by atoms with Crippen molar-refractivity contribution in [2.45, 2.75) is 32.8 Å². The average molecular weight is 310 g/mol. The summed E-state index contributed by atoms with van der Waals surface area (Å²) < 4.78 is 13.0. The van der Waals surface area contributed by atoms with E-state index in [1.807, 2.05) is 13.8 Å². The van der Waals surface area contributed by atoms with E-state index in [1.165, 1.54) is 24.3 Å². The molecular formula is C16H23FN2O3. The van der Waals surface area contributed by atoms with Crippen molar-refractivity contribution in [3.8, 4) is 0 Å². The topological polar surface area (TPSA) is 78.4 Å². The zero-order valence-electron chi connectivity index (χ0n) is 12.9. The molecule has 0 fully saturated rings. The van der Waals surface area contributed by atoms with Gasteiger partial charge in [0, 0.05) is 18.7 Å². The SMILES string of the molecule is CC(C)C(O)CC(=O)NCCCNC(=O)c1cccc(F)c1. The van der Waals surface area contributed by atoms with E-state index in [2.05, 4.69) is 10.6 Å². The van der Waals surface area contributed by atoms with E-state index >= 15 is 0 Å². The molecule has 1 aromatic rings. The van der Waals surface area contributed by atoms with Gasteiger partial charge >= 0.3 is 0 Å². The van der Waals surface area contributed by atoms with E-state index in [1.54, 1.807) is 0 Å². The molecule has 6 heteroatoms. The van der Waals surface area contributed by atoms with Crippen LogP contribution in [0.1, 0.15) is 37.0 Å². The molecule has 1 rings (SSSR count). The average Bonchev–Trinajstić information content (AvgIpc) is 2.46. The Kier molecular flexibility index (Phi) is 7.52. The predicted octanol–water partition coefficient (Wildman–Crippen LogP) is 1.47. The molecule has 22 heavy (non-hydrogen) atoms. The molecule has 0 spiro atoms. The molecule has 1 unspecified atom stereocenters. The molecule has 0 heterocycles. The molecule has 0 saturated carbocycles. The van der Waals surface area contributed by atoms with Crippen LogP contribution >= 0.6 is 0 Å². The molecule has 0 aliphatic rings. The Morgan fingerprint density at radius 1 is 1.23 bits per heavy atom. The normalized spacial score (nSPS) is 12.0. The van der Waals surface area contributed by atoms with Crippen LogP contribution in [-0.2, 0) is 4.79 Å². The summed E-state index contributed by atoms with van der Waals surface area (Å²) in [5.74, 6) is -0.973. The van der Waals surface area contributed by atoms with Crippen LogP contribution in [0.3, 0.4) is 0 Å². The molecule has 0 aliphatic heterocycles. The monoisotopic (exact) mass is 310 g/mol. The highest BCUT2D eigenvalue weighted by molar-refractivity contribution is 5.94. The van der Waals surface area contributed by atoms with Crippen LogP contribution in [0.15, 0.2) is 24.3 Å². The zero-order chi connectivity index (χ0) is 16.5. The number of halogens is 1. The summed E-state index contributed by atoms with van der Waals surface area (Å²) in [6.45, 7) is 4.48. The minimum absolute atomic E-state index is 0.0382. The van der Waals surface area contributed by atoms with Gasteiger partial charge in [0.15, 0.2) is 0 Å². The molecule has 122 valence electrons. The van der Waals surface area contributed by atoms with Crippen molar-refractivity contribution in [1.29, 1.82) is 0 Å². The van der Waals surface area contributed by atoms with Gasteiger partial charge in [-0.05, 0) is 30.5 Å². The van der Waals surface area contributed by atoms with E-state index in [9.17, 15) is 19.1 Å². The second kappa shape index (κ2) is 9.15. The van der Waals surface area contributed by atoms with Gasteiger partial charge in [0.1, 0.15) is 5.82 Å². The van der Waals surface area contributed by atoms with E-state index in [0.29, 0.717) is 19.5 Å². The van der Waals surface area contributed by atoms with Crippen LogP contribution < -0.4 is 10.6 Å². The van der Waals surface area contributed by atoms with Crippen molar-refractivity contribution in [2.75, 3.05) is 13.1 Å². The minimum atomic E-state index is -0.646. The van der Waals surface area contributed by atoms with Crippen molar-refractivity contribution >= 4 is 11.8 Å². The predicted molar refractivity (Wildman–Crippen MR) is 81.8 cm³/mol. The fraction of sp³-hybridized carbons (Fsp3) is 0.500. The number of benzene rings is 1. The summed E-state index contributed by atoms with van der Waals surface area (Å²) in [6.07, 6.45) is -0.00887. The fourth-order valence-corrected chi connectivity index (χ4v) is 1.75. The number of hydrogen-bond acceptors (Lipinski definition) is 3. The Hall–Kier alpha value is -1.95. The third-order valence-corrected chi connectivity index (χ3v) is 3.21. The minimum Gasteiger partial charge on any atom is -0.392 e. The van der Waals surface area contributed by atoms with Gasteiger partial charge in [-0.25, -0.2) is 4.39 Å². The quantitative estimate of drug-likeness (QED) is 0.636. The molecule has 0 saturated heterocycles. The molecule has 3 N–H and O–H groups in total. The van der Waals surface area contributed by atoms with E-state index in [4.69, 9.17) is 0 Å². The number of carbonyl (C=O) groups is 2. The fourth-order valence-electron chi connectivity index (χ4n) is 1.75. The number of aliphatic hydroxyl groups is 1. The molecule has 0 bridgehead atoms. The summed E-state index contributed by atoms with van der Waals surface area (Å²) in [5.41, 5.74) is 0.268. The maximum absolute atomic E-state index is 13.0. The van der Waals surface area contributed by atoms with E-state index in [0.717, 1.165) is 0 Å². The summed E-state index contributed by atoms with van der Waals surface area (Å²) >= 11 is 0. The smallest absolute Gasteiger partial charge is 0.251 e. The molecular weight excluding hydrogens is 287 g/mol. The Morgan fingerprint density at radius 3 is 2.55 bits per heavy atom. The first-order valence-electron chi connectivity index (χ1n) is 7.38. The van der Waals surface area contributed by atoms with Crippen LogP contribution in [0.4, 0.5) is 4.39 Å². The first-order valence-corrected chi connectivity index (χ1v) is 7.38. The molecule has 2 amide bonds. The number of amides is 2. The van der Waals surface area contributed by atoms with Crippen LogP contribution in [0.5, 0.6) is 0 Å². The first-order chi connectivity index (χ1) is 10.4. The lowest BCUT2D eigenvalue weighted by molar-refractivity contribution is -0.123. The van der Waals surface area contributed by atoms with Crippen molar-refractivity contribution in [2.24, 2.45) is 5.92 Å². The molecule has 1 atom stereocenters. The zero-order valence-corrected chi connectivity index (χ0v) is 12.9. The largest absolute Gasteiger partial charge is 0.392 e. The second-order valence-corrected chi connectivity index (χ2v) is 5.49. The number of nitrogens with one attached hydrogen (secondary N) is 2. The Balaban J connectivity index is 2.18. The maximum atomic E-state index is 13.0. The second-order valence-electron chi connectivity index (χ2n) is 5.49. The Morgan fingerprint density at radius 2 is 1.91 bits per heavy atom. The molecule has 0 radical (unpaired) electrons. The van der Waals surface area contributed by atoms with Crippen molar-refractivity contribution < 1.29 is 19.1 Å². The van der Waals surface area contributed by atoms with Gasteiger partial charge in [0.2, 0.25) is 5.91 Å². The van der Waals surface area contributed by atoms with Crippen LogP contribution in [-0.4, -0.2) is 36.1 Å². The lowest BCUT2D eigenvalue weighted by atomic mass is 10.0. The third kappa shape index (κ3) is 6.67. The summed E-state index contributed by atoms with van der Waals surface area (Å²) in [7, 11) is 0. The lowest BCUT2D eigenvalue weighted by Crippen LogP contribution is -2.32. The van der Waals surface area contributed by atoms with Crippen molar-refractivity contribution in [1.82, 2.24) is 10.6 Å².